The van der Waals surface area contributed by atoms with Gasteiger partial charge < -0.3 is 14.6 Å². The van der Waals surface area contributed by atoms with Gasteiger partial charge in [-0.05, 0) is 26.8 Å². The molecule has 1 N–H and O–H groups in total. The summed E-state index contributed by atoms with van der Waals surface area (Å²) >= 11 is 0. The Labute approximate surface area is 118 Å². The zero-order valence-electron chi connectivity index (χ0n) is 12.1. The van der Waals surface area contributed by atoms with E-state index < -0.39 is 23.5 Å². The van der Waals surface area contributed by atoms with E-state index in [2.05, 4.69) is 17.9 Å². The summed E-state index contributed by atoms with van der Waals surface area (Å²) in [5.74, 6) is -2.14. The standard InChI is InChI=1S/C10H14O4.C4H6O2/c1-7(5-6-8(11)12)9(13)14-10(2,3)4;1-3-4(5)6-2/h5-6H,1H2,2-4H3,(H,11,12);3H,1H2,2H3. The summed E-state index contributed by atoms with van der Waals surface area (Å²) < 4.78 is 9.09. The fourth-order valence-electron chi connectivity index (χ4n) is 0.667. The molecule has 0 heterocycles. The normalized spacial score (nSPS) is 10.0. The van der Waals surface area contributed by atoms with Gasteiger partial charge in [-0.25, -0.2) is 14.4 Å². The number of aliphatic carboxylic acids is 1. The van der Waals surface area contributed by atoms with Gasteiger partial charge in [0.05, 0.1) is 12.7 Å². The van der Waals surface area contributed by atoms with Crippen LogP contribution < -0.4 is 0 Å². The Morgan fingerprint density at radius 3 is 1.90 bits per heavy atom. The molecule has 0 spiro atoms. The van der Waals surface area contributed by atoms with Crippen molar-refractivity contribution >= 4 is 17.9 Å². The third-order valence-electron chi connectivity index (χ3n) is 1.46. The van der Waals surface area contributed by atoms with Crippen LogP contribution >= 0.6 is 0 Å². The van der Waals surface area contributed by atoms with Crippen molar-refractivity contribution in [2.24, 2.45) is 0 Å². The van der Waals surface area contributed by atoms with Gasteiger partial charge in [0.2, 0.25) is 0 Å². The van der Waals surface area contributed by atoms with Crippen LogP contribution in [0.15, 0.2) is 37.0 Å². The second kappa shape index (κ2) is 9.55. The molecule has 6 heteroatoms. The Balaban J connectivity index is 0. The van der Waals surface area contributed by atoms with Gasteiger partial charge in [0.25, 0.3) is 0 Å². The molecule has 0 aromatic heterocycles. The lowest BCUT2D eigenvalue weighted by atomic mass is 10.2. The second-order valence-electron chi connectivity index (χ2n) is 4.43. The SMILES string of the molecule is C=C(C=CC(=O)O)C(=O)OC(C)(C)C.C=CC(=O)OC. The van der Waals surface area contributed by atoms with E-state index in [1.165, 1.54) is 7.11 Å². The van der Waals surface area contributed by atoms with Gasteiger partial charge in [0.15, 0.2) is 0 Å². The lowest BCUT2D eigenvalue weighted by Crippen LogP contribution is -2.24. The van der Waals surface area contributed by atoms with Crippen LogP contribution in [-0.4, -0.2) is 35.7 Å². The minimum atomic E-state index is -1.13. The zero-order chi connectivity index (χ0) is 16.3. The van der Waals surface area contributed by atoms with Crippen molar-refractivity contribution in [1.82, 2.24) is 0 Å². The number of carbonyl (C=O) groups is 3. The molecular weight excluding hydrogens is 264 g/mol. The van der Waals surface area contributed by atoms with E-state index in [9.17, 15) is 14.4 Å². The molecule has 0 amide bonds. The van der Waals surface area contributed by atoms with Gasteiger partial charge >= 0.3 is 17.9 Å². The van der Waals surface area contributed by atoms with Crippen molar-refractivity contribution < 1.29 is 29.0 Å². The number of hydrogen-bond acceptors (Lipinski definition) is 5. The van der Waals surface area contributed by atoms with Gasteiger partial charge in [-0.3, -0.25) is 0 Å². The number of rotatable bonds is 4. The van der Waals surface area contributed by atoms with Crippen molar-refractivity contribution in [2.45, 2.75) is 26.4 Å². The van der Waals surface area contributed by atoms with Crippen LogP contribution in [0.4, 0.5) is 0 Å². The second-order valence-corrected chi connectivity index (χ2v) is 4.43. The molecule has 0 aromatic carbocycles. The third kappa shape index (κ3) is 13.7. The van der Waals surface area contributed by atoms with Gasteiger partial charge in [-0.2, -0.15) is 0 Å². The van der Waals surface area contributed by atoms with Crippen LogP contribution in [0.5, 0.6) is 0 Å². The molecule has 0 aliphatic carbocycles. The van der Waals surface area contributed by atoms with Crippen molar-refractivity contribution in [1.29, 1.82) is 0 Å². The fourth-order valence-corrected chi connectivity index (χ4v) is 0.667. The molecule has 6 nitrogen and oxygen atoms in total. The summed E-state index contributed by atoms with van der Waals surface area (Å²) in [6.45, 7) is 11.7. The molecule has 0 aliphatic rings. The molecule has 20 heavy (non-hydrogen) atoms. The zero-order valence-corrected chi connectivity index (χ0v) is 12.1. The first-order valence-corrected chi connectivity index (χ1v) is 5.57. The predicted molar refractivity (Wildman–Crippen MR) is 74.0 cm³/mol. The van der Waals surface area contributed by atoms with Gasteiger partial charge in [-0.1, -0.05) is 13.2 Å². The summed E-state index contributed by atoms with van der Waals surface area (Å²) in [5.41, 5.74) is -0.584. The first-order chi connectivity index (χ1) is 9.03. The van der Waals surface area contributed by atoms with Crippen LogP contribution in [-0.2, 0) is 23.9 Å². The Hall–Kier alpha value is -2.37. The quantitative estimate of drug-likeness (QED) is 0.481. The molecule has 0 atom stereocenters. The third-order valence-corrected chi connectivity index (χ3v) is 1.46. The minimum Gasteiger partial charge on any atom is -0.478 e. The van der Waals surface area contributed by atoms with E-state index in [0.29, 0.717) is 0 Å². The van der Waals surface area contributed by atoms with Crippen molar-refractivity contribution in [3.8, 4) is 0 Å². The van der Waals surface area contributed by atoms with Crippen molar-refractivity contribution in [3.63, 3.8) is 0 Å². The van der Waals surface area contributed by atoms with Crippen molar-refractivity contribution in [3.05, 3.63) is 37.0 Å². The maximum Gasteiger partial charge on any atom is 0.338 e. The van der Waals surface area contributed by atoms with Gasteiger partial charge in [-0.15, -0.1) is 0 Å². The van der Waals surface area contributed by atoms with Crippen LogP contribution in [0.2, 0.25) is 0 Å². The average molecular weight is 284 g/mol. The lowest BCUT2D eigenvalue weighted by Gasteiger charge is -2.19. The maximum absolute atomic E-state index is 11.2. The first kappa shape index (κ1) is 20.0. The summed E-state index contributed by atoms with van der Waals surface area (Å²) in [6, 6.07) is 0. The first-order valence-electron chi connectivity index (χ1n) is 5.57. The molecule has 112 valence electrons. The number of carboxylic acids is 1. The maximum atomic E-state index is 11.2. The number of hydrogen-bond donors (Lipinski definition) is 1. The Bertz CT molecular complexity index is 412. The molecule has 0 saturated heterocycles. The molecule has 0 aliphatic heterocycles. The van der Waals surface area contributed by atoms with E-state index in [4.69, 9.17) is 9.84 Å². The fraction of sp³-hybridized carbons (Fsp3) is 0.357. The highest BCUT2D eigenvalue weighted by Gasteiger charge is 2.17. The van der Waals surface area contributed by atoms with Crippen LogP contribution in [0.3, 0.4) is 0 Å². The van der Waals surface area contributed by atoms with E-state index in [1.54, 1.807) is 20.8 Å². The highest BCUT2D eigenvalue weighted by Crippen LogP contribution is 2.10. The summed E-state index contributed by atoms with van der Waals surface area (Å²) in [4.78, 5) is 31.2. The topological polar surface area (TPSA) is 89.9 Å². The number of methoxy groups -OCH3 is 1. The number of ether oxygens (including phenoxy) is 2. The summed E-state index contributed by atoms with van der Waals surface area (Å²) in [7, 11) is 1.31. The van der Waals surface area contributed by atoms with E-state index >= 15 is 0 Å². The molecular formula is C14H20O6. The largest absolute Gasteiger partial charge is 0.478 e. The molecule has 0 saturated carbocycles. The minimum absolute atomic E-state index is 0.0160. The summed E-state index contributed by atoms with van der Waals surface area (Å²) in [5, 5.41) is 8.30. The number of carbonyl (C=O) groups excluding carboxylic acids is 2. The molecule has 0 radical (unpaired) electrons. The van der Waals surface area contributed by atoms with Gasteiger partial charge in [0, 0.05) is 12.2 Å². The van der Waals surface area contributed by atoms with Crippen LogP contribution in [0.1, 0.15) is 20.8 Å². The number of esters is 2. The van der Waals surface area contributed by atoms with E-state index in [-0.39, 0.29) is 5.57 Å². The molecule has 0 rings (SSSR count). The van der Waals surface area contributed by atoms with Gasteiger partial charge in [0.1, 0.15) is 5.60 Å². The Morgan fingerprint density at radius 1 is 1.15 bits per heavy atom. The van der Waals surface area contributed by atoms with E-state index in [1.807, 2.05) is 0 Å². The summed E-state index contributed by atoms with van der Waals surface area (Å²) in [6.07, 6.45) is 3.06. The average Bonchev–Trinajstić information content (AvgIpc) is 2.33. The monoisotopic (exact) mass is 284 g/mol. The van der Waals surface area contributed by atoms with E-state index in [0.717, 1.165) is 18.2 Å². The Kier molecular flexibility index (Phi) is 9.53. The Morgan fingerprint density at radius 2 is 1.65 bits per heavy atom. The highest BCUT2D eigenvalue weighted by molar-refractivity contribution is 5.93. The molecule has 0 bridgehead atoms. The predicted octanol–water partition coefficient (Wildman–Crippen LogP) is 1.87. The molecule has 0 unspecified atom stereocenters. The number of carboxylic acid groups (broad SMARTS) is 1. The van der Waals surface area contributed by atoms with Crippen LogP contribution in [0.25, 0.3) is 0 Å². The smallest absolute Gasteiger partial charge is 0.338 e. The lowest BCUT2D eigenvalue weighted by molar-refractivity contribution is -0.149. The van der Waals surface area contributed by atoms with Crippen LogP contribution in [0, 0.1) is 0 Å². The highest BCUT2D eigenvalue weighted by atomic mass is 16.6. The molecule has 0 fully saturated rings. The van der Waals surface area contributed by atoms with Crippen molar-refractivity contribution in [2.75, 3.05) is 7.11 Å². The molecule has 0 aromatic rings.